The van der Waals surface area contributed by atoms with Crippen LogP contribution in [0.3, 0.4) is 0 Å². The van der Waals surface area contributed by atoms with E-state index in [1.54, 1.807) is 0 Å². The Bertz CT molecular complexity index is 2430. The molecule has 7 aromatic carbocycles. The van der Waals surface area contributed by atoms with Crippen molar-refractivity contribution in [2.45, 2.75) is 57.3 Å². The molecule has 2 atom stereocenters. The molecule has 2 aliphatic rings. The van der Waals surface area contributed by atoms with Gasteiger partial charge in [-0.25, -0.2) is 0 Å². The summed E-state index contributed by atoms with van der Waals surface area (Å²) in [6.45, 7) is 11.8. The standard InChI is InChI=1S/C51H45N/c1-33(49(37-13-7-6-8-14-37)38-25-29-43-41-15-9-11-17-45(41)50(2,3)47(43)31-38)34-19-21-35(22-20-34)36-23-26-39(27-24-36)52-40-28-30-44-42-16-10-12-18-46(42)51(4,5)48(44)32-40/h6-33,49,52H,1-5H3. The molecule has 0 saturated heterocycles. The second-order valence-electron chi connectivity index (χ2n) is 15.9. The summed E-state index contributed by atoms with van der Waals surface area (Å²) in [5.41, 5.74) is 19.8. The molecular formula is C51H45N. The number of anilines is 2. The molecule has 0 heterocycles. The summed E-state index contributed by atoms with van der Waals surface area (Å²) in [6, 6.07) is 60.9. The highest BCUT2D eigenvalue weighted by molar-refractivity contribution is 5.83. The van der Waals surface area contributed by atoms with E-state index in [-0.39, 0.29) is 22.7 Å². The van der Waals surface area contributed by atoms with Gasteiger partial charge in [-0.05, 0) is 103 Å². The molecule has 7 aromatic rings. The van der Waals surface area contributed by atoms with Crippen molar-refractivity contribution in [2.24, 2.45) is 0 Å². The van der Waals surface area contributed by atoms with Crippen LogP contribution in [0.5, 0.6) is 0 Å². The van der Waals surface area contributed by atoms with Crippen molar-refractivity contribution >= 4 is 11.4 Å². The zero-order valence-corrected chi connectivity index (χ0v) is 30.7. The Morgan fingerprint density at radius 3 is 1.46 bits per heavy atom. The summed E-state index contributed by atoms with van der Waals surface area (Å²) in [4.78, 5) is 0. The fourth-order valence-corrected chi connectivity index (χ4v) is 9.21. The van der Waals surface area contributed by atoms with Crippen LogP contribution in [-0.4, -0.2) is 0 Å². The van der Waals surface area contributed by atoms with Crippen LogP contribution >= 0.6 is 0 Å². The smallest absolute Gasteiger partial charge is 0.0387 e. The van der Waals surface area contributed by atoms with Crippen LogP contribution in [0.25, 0.3) is 33.4 Å². The van der Waals surface area contributed by atoms with Gasteiger partial charge in [-0.3, -0.25) is 0 Å². The first-order valence-electron chi connectivity index (χ1n) is 18.7. The predicted molar refractivity (Wildman–Crippen MR) is 220 cm³/mol. The molecule has 0 bridgehead atoms. The number of nitrogens with one attached hydrogen (secondary N) is 1. The summed E-state index contributed by atoms with van der Waals surface area (Å²) < 4.78 is 0. The van der Waals surface area contributed by atoms with Gasteiger partial charge < -0.3 is 5.32 Å². The van der Waals surface area contributed by atoms with Gasteiger partial charge in [0.1, 0.15) is 0 Å². The van der Waals surface area contributed by atoms with Crippen LogP contribution in [0.1, 0.15) is 85.4 Å². The maximum absolute atomic E-state index is 3.67. The first-order valence-corrected chi connectivity index (χ1v) is 18.7. The second-order valence-corrected chi connectivity index (χ2v) is 15.9. The summed E-state index contributed by atoms with van der Waals surface area (Å²) in [6.07, 6.45) is 0. The van der Waals surface area contributed by atoms with E-state index in [4.69, 9.17) is 0 Å². The Labute approximate surface area is 309 Å². The fourth-order valence-electron chi connectivity index (χ4n) is 9.21. The third-order valence-electron chi connectivity index (χ3n) is 12.2. The minimum Gasteiger partial charge on any atom is -0.356 e. The first kappa shape index (κ1) is 32.3. The van der Waals surface area contributed by atoms with Gasteiger partial charge >= 0.3 is 0 Å². The van der Waals surface area contributed by atoms with E-state index in [2.05, 4.69) is 204 Å². The zero-order valence-electron chi connectivity index (χ0n) is 30.7. The Balaban J connectivity index is 0.960. The summed E-state index contributed by atoms with van der Waals surface area (Å²) >= 11 is 0. The van der Waals surface area contributed by atoms with Crippen LogP contribution in [0.15, 0.2) is 164 Å². The van der Waals surface area contributed by atoms with Crippen molar-refractivity contribution in [3.63, 3.8) is 0 Å². The van der Waals surface area contributed by atoms with E-state index in [1.165, 1.54) is 72.3 Å². The van der Waals surface area contributed by atoms with Gasteiger partial charge in [-0.15, -0.1) is 0 Å². The molecule has 2 aliphatic carbocycles. The van der Waals surface area contributed by atoms with Gasteiger partial charge in [0.25, 0.3) is 0 Å². The van der Waals surface area contributed by atoms with Gasteiger partial charge in [0.05, 0.1) is 0 Å². The van der Waals surface area contributed by atoms with E-state index in [1.807, 2.05) is 0 Å². The number of hydrogen-bond acceptors (Lipinski definition) is 1. The number of fused-ring (bicyclic) bond motifs is 6. The van der Waals surface area contributed by atoms with Crippen molar-refractivity contribution < 1.29 is 0 Å². The highest BCUT2D eigenvalue weighted by Crippen LogP contribution is 2.51. The largest absolute Gasteiger partial charge is 0.356 e. The predicted octanol–water partition coefficient (Wildman–Crippen LogP) is 13.6. The van der Waals surface area contributed by atoms with E-state index < -0.39 is 0 Å². The highest BCUT2D eigenvalue weighted by Gasteiger charge is 2.37. The summed E-state index contributed by atoms with van der Waals surface area (Å²) in [5.74, 6) is 0.527. The molecule has 52 heavy (non-hydrogen) atoms. The lowest BCUT2D eigenvalue weighted by Gasteiger charge is -2.28. The fraction of sp³-hybridized carbons (Fsp3) is 0.176. The lowest BCUT2D eigenvalue weighted by atomic mass is 9.75. The Morgan fingerprint density at radius 1 is 0.385 bits per heavy atom. The molecule has 0 radical (unpaired) electrons. The van der Waals surface area contributed by atoms with Crippen LogP contribution in [-0.2, 0) is 10.8 Å². The van der Waals surface area contributed by atoms with E-state index in [0.29, 0.717) is 0 Å². The Kier molecular flexibility index (Phi) is 7.59. The molecule has 1 heteroatoms. The van der Waals surface area contributed by atoms with Gasteiger partial charge in [0.2, 0.25) is 0 Å². The van der Waals surface area contributed by atoms with E-state index >= 15 is 0 Å². The normalized spacial score (nSPS) is 15.6. The van der Waals surface area contributed by atoms with Crippen LogP contribution in [0.2, 0.25) is 0 Å². The summed E-state index contributed by atoms with van der Waals surface area (Å²) in [7, 11) is 0. The number of rotatable bonds is 7. The molecule has 2 unspecified atom stereocenters. The van der Waals surface area contributed by atoms with Gasteiger partial charge in [0.15, 0.2) is 0 Å². The maximum Gasteiger partial charge on any atom is 0.0387 e. The average molecular weight is 672 g/mol. The highest BCUT2D eigenvalue weighted by atomic mass is 14.9. The molecule has 0 aliphatic heterocycles. The van der Waals surface area contributed by atoms with Crippen LogP contribution in [0.4, 0.5) is 11.4 Å². The molecule has 0 aromatic heterocycles. The third kappa shape index (κ3) is 5.22. The van der Waals surface area contributed by atoms with Crippen molar-refractivity contribution in [3.8, 4) is 33.4 Å². The van der Waals surface area contributed by atoms with Crippen molar-refractivity contribution in [1.29, 1.82) is 0 Å². The molecule has 1 nitrogen and oxygen atoms in total. The van der Waals surface area contributed by atoms with Crippen molar-refractivity contribution in [1.82, 2.24) is 0 Å². The molecule has 0 spiro atoms. The second kappa shape index (κ2) is 12.2. The Morgan fingerprint density at radius 2 is 0.846 bits per heavy atom. The Hall–Kier alpha value is -5.66. The molecule has 0 amide bonds. The molecule has 1 N–H and O–H groups in total. The van der Waals surface area contributed by atoms with Crippen molar-refractivity contribution in [2.75, 3.05) is 5.32 Å². The summed E-state index contributed by atoms with van der Waals surface area (Å²) in [5, 5.41) is 3.67. The number of benzene rings is 7. The monoisotopic (exact) mass is 671 g/mol. The minimum absolute atomic E-state index is 0.0110. The number of hydrogen-bond donors (Lipinski definition) is 1. The molecule has 0 saturated carbocycles. The van der Waals surface area contributed by atoms with Gasteiger partial charge in [-0.2, -0.15) is 0 Å². The SMILES string of the molecule is CC(c1ccc(-c2ccc(Nc3ccc4c(c3)C(C)(C)c3ccccc3-4)cc2)cc1)C(c1ccccc1)c1ccc2c(c1)C(C)(C)c1ccccc1-2. The van der Waals surface area contributed by atoms with E-state index in [9.17, 15) is 0 Å². The van der Waals surface area contributed by atoms with Crippen LogP contribution in [0, 0.1) is 0 Å². The first-order chi connectivity index (χ1) is 25.2. The van der Waals surface area contributed by atoms with Crippen molar-refractivity contribution in [3.05, 3.63) is 203 Å². The average Bonchev–Trinajstić information content (AvgIpc) is 3.55. The minimum atomic E-state index is -0.0240. The molecule has 0 fully saturated rings. The van der Waals surface area contributed by atoms with E-state index in [0.717, 1.165) is 11.4 Å². The van der Waals surface area contributed by atoms with Gasteiger partial charge in [0, 0.05) is 28.1 Å². The third-order valence-corrected chi connectivity index (χ3v) is 12.2. The molecule has 9 rings (SSSR count). The maximum atomic E-state index is 3.67. The molecule has 254 valence electrons. The zero-order chi connectivity index (χ0) is 35.6. The topological polar surface area (TPSA) is 12.0 Å². The lowest BCUT2D eigenvalue weighted by molar-refractivity contribution is 0.641. The lowest BCUT2D eigenvalue weighted by Crippen LogP contribution is -2.16. The molecular weight excluding hydrogens is 627 g/mol. The quantitative estimate of drug-likeness (QED) is 0.178. The van der Waals surface area contributed by atoms with Crippen LogP contribution < -0.4 is 5.32 Å². The van der Waals surface area contributed by atoms with Gasteiger partial charge in [-0.1, -0.05) is 174 Å².